The Morgan fingerprint density at radius 1 is 1.10 bits per heavy atom. The van der Waals surface area contributed by atoms with Crippen molar-refractivity contribution < 1.29 is 22.7 Å². The zero-order valence-corrected chi connectivity index (χ0v) is 16.3. The van der Waals surface area contributed by atoms with E-state index in [9.17, 15) is 18.0 Å². The molecule has 8 heteroatoms. The van der Waals surface area contributed by atoms with Gasteiger partial charge >= 0.3 is 6.09 Å². The average Bonchev–Trinajstić information content (AvgIpc) is 2.61. The second kappa shape index (κ2) is 9.27. The predicted octanol–water partition coefficient (Wildman–Crippen LogP) is 5.23. The topological polar surface area (TPSA) is 74.2 Å². The summed E-state index contributed by atoms with van der Waals surface area (Å²) in [5.74, 6) is -2.54. The molecule has 0 atom stereocenters. The molecule has 29 heavy (non-hydrogen) atoms. The van der Waals surface area contributed by atoms with Crippen LogP contribution in [-0.2, 0) is 11.3 Å². The Bertz CT molecular complexity index is 937. The second-order valence-corrected chi connectivity index (χ2v) is 7.22. The molecule has 5 nitrogen and oxygen atoms in total. The van der Waals surface area contributed by atoms with Crippen LogP contribution in [0.5, 0.6) is 0 Å². The fraction of sp³-hybridized carbons (Fsp3) is 0.238. The van der Waals surface area contributed by atoms with E-state index in [1.165, 1.54) is 24.4 Å². The van der Waals surface area contributed by atoms with Gasteiger partial charge in [0.05, 0.1) is 0 Å². The Hall–Kier alpha value is -3.29. The lowest BCUT2D eigenvalue weighted by Crippen LogP contribution is -2.32. The van der Waals surface area contributed by atoms with Crippen LogP contribution in [0.15, 0.2) is 42.6 Å². The van der Waals surface area contributed by atoms with Gasteiger partial charge in [-0.1, -0.05) is 0 Å². The minimum Gasteiger partial charge on any atom is -0.444 e. The van der Waals surface area contributed by atoms with E-state index in [4.69, 9.17) is 10.1 Å². The van der Waals surface area contributed by atoms with Crippen LogP contribution < -0.4 is 10.6 Å². The molecule has 0 fully saturated rings. The molecule has 0 aliphatic rings. The number of anilines is 1. The number of ether oxygens (including phenoxy) is 1. The van der Waals surface area contributed by atoms with E-state index in [0.29, 0.717) is 16.7 Å². The van der Waals surface area contributed by atoms with Crippen molar-refractivity contribution in [3.05, 3.63) is 71.2 Å². The largest absolute Gasteiger partial charge is 0.444 e. The summed E-state index contributed by atoms with van der Waals surface area (Å²) in [6, 6.07) is 7.35. The third-order valence-electron chi connectivity index (χ3n) is 3.60. The molecule has 2 aromatic carbocycles. The molecule has 3 N–H and O–H groups in total. The summed E-state index contributed by atoms with van der Waals surface area (Å²) >= 11 is 0. The third kappa shape index (κ3) is 6.99. The molecular formula is C21H22F3N3O2. The Labute approximate surface area is 167 Å². The highest BCUT2D eigenvalue weighted by Gasteiger charge is 2.16. The average molecular weight is 405 g/mol. The zero-order chi connectivity index (χ0) is 21.6. The molecule has 0 aliphatic carbocycles. The Balaban J connectivity index is 2.15. The van der Waals surface area contributed by atoms with Gasteiger partial charge in [-0.3, -0.25) is 0 Å². The number of allylic oxidation sites excluding steroid dienone is 1. The summed E-state index contributed by atoms with van der Waals surface area (Å²) < 4.78 is 45.5. The number of nitrogens with one attached hydrogen (secondary N) is 3. The summed E-state index contributed by atoms with van der Waals surface area (Å²) in [4.78, 5) is 11.8. The van der Waals surface area contributed by atoms with Crippen molar-refractivity contribution in [2.75, 3.05) is 5.32 Å². The van der Waals surface area contributed by atoms with Crippen molar-refractivity contribution in [2.24, 2.45) is 0 Å². The number of rotatable bonds is 6. The van der Waals surface area contributed by atoms with E-state index < -0.39 is 29.1 Å². The smallest absolute Gasteiger partial charge is 0.407 e. The van der Waals surface area contributed by atoms with Crippen molar-refractivity contribution >= 4 is 23.6 Å². The molecule has 0 heterocycles. The first-order chi connectivity index (χ1) is 13.6. The molecular weight excluding hydrogens is 383 g/mol. The molecule has 1 amide bonds. The Kier molecular flexibility index (Phi) is 7.03. The number of alkyl carbamates (subject to hydrolysis) is 1. The maximum Gasteiger partial charge on any atom is 0.407 e. The van der Waals surface area contributed by atoms with Gasteiger partial charge in [-0.2, -0.15) is 0 Å². The molecule has 0 radical (unpaired) electrons. The van der Waals surface area contributed by atoms with Gasteiger partial charge in [-0.25, -0.2) is 18.0 Å². The highest BCUT2D eigenvalue weighted by atomic mass is 19.2. The van der Waals surface area contributed by atoms with Gasteiger partial charge in [-0.05, 0) is 62.2 Å². The number of amides is 1. The van der Waals surface area contributed by atoms with E-state index in [0.717, 1.165) is 18.3 Å². The van der Waals surface area contributed by atoms with E-state index in [-0.39, 0.29) is 12.2 Å². The lowest BCUT2D eigenvalue weighted by atomic mass is 10.0. The van der Waals surface area contributed by atoms with E-state index in [2.05, 4.69) is 10.6 Å². The fourth-order valence-electron chi connectivity index (χ4n) is 2.36. The summed E-state index contributed by atoms with van der Waals surface area (Å²) in [5.41, 5.74) is 0.750. The number of halogens is 3. The standard InChI is InChI=1S/C21H22F3N3O2/c1-21(2,3)29-20(28)27-11-13-6-14(8-16(22)7-13)15(10-25)12-26-17-4-5-18(23)19(24)9-17/h4-10,12,25-26H,11H2,1-3H3,(H,27,28)/b15-12+,25-10?. The van der Waals surface area contributed by atoms with Crippen LogP contribution in [0.3, 0.4) is 0 Å². The zero-order valence-electron chi connectivity index (χ0n) is 16.3. The molecule has 0 aliphatic heterocycles. The number of hydrogen-bond acceptors (Lipinski definition) is 4. The van der Waals surface area contributed by atoms with Crippen LogP contribution in [0.2, 0.25) is 0 Å². The van der Waals surface area contributed by atoms with Crippen LogP contribution in [0.4, 0.5) is 23.7 Å². The Morgan fingerprint density at radius 2 is 1.83 bits per heavy atom. The predicted molar refractivity (Wildman–Crippen MR) is 106 cm³/mol. The van der Waals surface area contributed by atoms with Crippen LogP contribution in [-0.4, -0.2) is 17.9 Å². The summed E-state index contributed by atoms with van der Waals surface area (Å²) in [5, 5.41) is 12.9. The fourth-order valence-corrected chi connectivity index (χ4v) is 2.36. The van der Waals surface area contributed by atoms with E-state index in [1.807, 2.05) is 0 Å². The van der Waals surface area contributed by atoms with Gasteiger partial charge in [-0.15, -0.1) is 0 Å². The van der Waals surface area contributed by atoms with Gasteiger partial charge < -0.3 is 20.8 Å². The molecule has 2 rings (SSSR count). The lowest BCUT2D eigenvalue weighted by Gasteiger charge is -2.19. The van der Waals surface area contributed by atoms with Gasteiger partial charge in [0.2, 0.25) is 0 Å². The summed E-state index contributed by atoms with van der Waals surface area (Å²) in [6.07, 6.45) is 1.73. The number of benzene rings is 2. The normalized spacial score (nSPS) is 11.7. The van der Waals surface area contributed by atoms with Gasteiger partial charge in [0.25, 0.3) is 0 Å². The molecule has 0 saturated heterocycles. The molecule has 0 spiro atoms. The maximum atomic E-state index is 14.0. The molecule has 0 bridgehead atoms. The highest BCUT2D eigenvalue weighted by molar-refractivity contribution is 6.08. The van der Waals surface area contributed by atoms with Crippen LogP contribution in [0, 0.1) is 22.9 Å². The molecule has 2 aromatic rings. The number of hydrogen-bond donors (Lipinski definition) is 3. The highest BCUT2D eigenvalue weighted by Crippen LogP contribution is 2.19. The van der Waals surface area contributed by atoms with Crippen molar-refractivity contribution in [1.29, 1.82) is 5.41 Å². The molecule has 0 saturated carbocycles. The quantitative estimate of drug-likeness (QED) is 0.576. The van der Waals surface area contributed by atoms with Gasteiger partial charge in [0, 0.05) is 36.3 Å². The first-order valence-electron chi connectivity index (χ1n) is 8.76. The minimum absolute atomic E-state index is 0.0293. The van der Waals surface area contributed by atoms with Crippen molar-refractivity contribution in [2.45, 2.75) is 32.9 Å². The summed E-state index contributed by atoms with van der Waals surface area (Å²) in [6.45, 7) is 5.22. The Morgan fingerprint density at radius 3 is 2.45 bits per heavy atom. The van der Waals surface area contributed by atoms with Crippen LogP contribution in [0.25, 0.3) is 5.57 Å². The number of carbonyl (C=O) groups is 1. The monoisotopic (exact) mass is 405 g/mol. The van der Waals surface area contributed by atoms with E-state index >= 15 is 0 Å². The molecule has 0 aromatic heterocycles. The van der Waals surface area contributed by atoms with Crippen molar-refractivity contribution in [3.8, 4) is 0 Å². The number of carbonyl (C=O) groups excluding carboxylic acids is 1. The van der Waals surface area contributed by atoms with Crippen LogP contribution in [0.1, 0.15) is 31.9 Å². The summed E-state index contributed by atoms with van der Waals surface area (Å²) in [7, 11) is 0. The molecule has 0 unspecified atom stereocenters. The second-order valence-electron chi connectivity index (χ2n) is 7.22. The van der Waals surface area contributed by atoms with Gasteiger partial charge in [0.15, 0.2) is 11.6 Å². The lowest BCUT2D eigenvalue weighted by molar-refractivity contribution is 0.0523. The molecule has 154 valence electrons. The SMILES string of the molecule is CC(C)(C)OC(=O)NCc1cc(F)cc(/C(C=N)=C/Nc2ccc(F)c(F)c2)c1. The first kappa shape index (κ1) is 22.0. The maximum absolute atomic E-state index is 14.0. The van der Waals surface area contributed by atoms with Crippen molar-refractivity contribution in [1.82, 2.24) is 5.32 Å². The van der Waals surface area contributed by atoms with Gasteiger partial charge in [0.1, 0.15) is 11.4 Å². The third-order valence-corrected chi connectivity index (χ3v) is 3.60. The van der Waals surface area contributed by atoms with E-state index in [1.54, 1.807) is 26.8 Å². The van der Waals surface area contributed by atoms with Crippen LogP contribution >= 0.6 is 0 Å². The first-order valence-corrected chi connectivity index (χ1v) is 8.76. The van der Waals surface area contributed by atoms with Crippen molar-refractivity contribution in [3.63, 3.8) is 0 Å². The minimum atomic E-state index is -1.01.